The minimum atomic E-state index is -1.10. The Morgan fingerprint density at radius 3 is 2.50 bits per heavy atom. The molecule has 9 heteroatoms. The van der Waals surface area contributed by atoms with Crippen LogP contribution in [0, 0.1) is 0 Å². The molecule has 0 aliphatic rings. The van der Waals surface area contributed by atoms with Crippen molar-refractivity contribution >= 4 is 40.7 Å². The predicted octanol–water partition coefficient (Wildman–Crippen LogP) is 1.66. The summed E-state index contributed by atoms with van der Waals surface area (Å²) in [7, 11) is 0. The fourth-order valence-corrected chi connectivity index (χ4v) is 3.70. The van der Waals surface area contributed by atoms with Crippen molar-refractivity contribution in [3.05, 3.63) is 59.1 Å². The molecule has 3 rings (SSSR count). The third-order valence-corrected chi connectivity index (χ3v) is 5.01. The Bertz CT molecular complexity index is 923. The van der Waals surface area contributed by atoms with E-state index in [0.717, 1.165) is 22.2 Å². The largest absolute Gasteiger partial charge is 0.363 e. The van der Waals surface area contributed by atoms with E-state index in [1.54, 1.807) is 12.1 Å². The number of amides is 2. The summed E-state index contributed by atoms with van der Waals surface area (Å²) in [5.74, 6) is -2.53. The number of carbonyl (C=O) groups excluding carboxylic acids is 3. The molecule has 0 aliphatic heterocycles. The van der Waals surface area contributed by atoms with Crippen LogP contribution in [0.1, 0.15) is 16.1 Å². The molecule has 0 saturated carbocycles. The number of nitrogens with one attached hydrogen (secondary N) is 1. The van der Waals surface area contributed by atoms with Crippen molar-refractivity contribution in [3.8, 4) is 10.6 Å². The van der Waals surface area contributed by atoms with Crippen LogP contribution in [0.3, 0.4) is 0 Å². The van der Waals surface area contributed by atoms with Gasteiger partial charge in [0.15, 0.2) is 5.69 Å². The van der Waals surface area contributed by atoms with Gasteiger partial charge in [-0.25, -0.2) is 0 Å². The van der Waals surface area contributed by atoms with Gasteiger partial charge in [0.25, 0.3) is 11.8 Å². The van der Waals surface area contributed by atoms with Crippen molar-refractivity contribution in [1.29, 1.82) is 0 Å². The van der Waals surface area contributed by atoms with Crippen molar-refractivity contribution in [1.82, 2.24) is 14.1 Å². The summed E-state index contributed by atoms with van der Waals surface area (Å²) in [6, 6.07) is 11.7. The minimum absolute atomic E-state index is 0.118. The second-order valence-corrected chi connectivity index (χ2v) is 6.86. The van der Waals surface area contributed by atoms with Crippen molar-refractivity contribution < 1.29 is 14.4 Å². The van der Waals surface area contributed by atoms with Gasteiger partial charge in [-0.1, -0.05) is 36.4 Å². The number of thiophene rings is 1. The van der Waals surface area contributed by atoms with Crippen molar-refractivity contribution in [2.24, 2.45) is 5.73 Å². The molecule has 1 unspecified atom stereocenters. The van der Waals surface area contributed by atoms with Crippen LogP contribution in [0.2, 0.25) is 0 Å². The number of rotatable bonds is 7. The van der Waals surface area contributed by atoms with Crippen LogP contribution in [0.5, 0.6) is 0 Å². The van der Waals surface area contributed by atoms with Gasteiger partial charge >= 0.3 is 0 Å². The predicted molar refractivity (Wildman–Crippen MR) is 98.8 cm³/mol. The van der Waals surface area contributed by atoms with Crippen LogP contribution in [-0.4, -0.2) is 32.4 Å². The third kappa shape index (κ3) is 4.01. The lowest BCUT2D eigenvalue weighted by Gasteiger charge is -2.16. The van der Waals surface area contributed by atoms with Crippen LogP contribution >= 0.6 is 23.1 Å². The lowest BCUT2D eigenvalue weighted by molar-refractivity contribution is -0.137. The molecule has 3 aromatic rings. The summed E-state index contributed by atoms with van der Waals surface area (Å²) in [5.41, 5.74) is 6.49. The normalized spacial score (nSPS) is 11.7. The highest BCUT2D eigenvalue weighted by Gasteiger charge is 2.28. The number of aromatic nitrogens is 2. The molecular weight excluding hydrogens is 372 g/mol. The van der Waals surface area contributed by atoms with E-state index in [1.807, 2.05) is 35.7 Å². The summed E-state index contributed by atoms with van der Waals surface area (Å²) in [5, 5.41) is 4.44. The smallest absolute Gasteiger partial charge is 0.287 e. The van der Waals surface area contributed by atoms with E-state index >= 15 is 0 Å². The zero-order valence-corrected chi connectivity index (χ0v) is 15.0. The van der Waals surface area contributed by atoms with E-state index in [-0.39, 0.29) is 12.1 Å². The summed E-state index contributed by atoms with van der Waals surface area (Å²) >= 11 is 2.34. The lowest BCUT2D eigenvalue weighted by atomic mass is 10.0. The summed E-state index contributed by atoms with van der Waals surface area (Å²) < 4.78 is 8.19. The molecule has 1 atom stereocenters. The van der Waals surface area contributed by atoms with Gasteiger partial charge in [0, 0.05) is 6.42 Å². The maximum Gasteiger partial charge on any atom is 0.287 e. The van der Waals surface area contributed by atoms with E-state index in [9.17, 15) is 14.4 Å². The van der Waals surface area contributed by atoms with Crippen LogP contribution in [0.4, 0.5) is 0 Å². The number of hydrogen-bond acceptors (Lipinski definition) is 7. The van der Waals surface area contributed by atoms with Gasteiger partial charge in [-0.05, 0) is 17.0 Å². The number of Topliss-reactive ketones (excluding diaryl/α,β-unsaturated/α-hetero) is 1. The van der Waals surface area contributed by atoms with Gasteiger partial charge in [-0.15, -0.1) is 11.3 Å². The first-order valence-electron chi connectivity index (χ1n) is 7.61. The third-order valence-electron chi connectivity index (χ3n) is 3.61. The maximum absolute atomic E-state index is 12.6. The van der Waals surface area contributed by atoms with E-state index in [2.05, 4.69) is 14.1 Å². The molecule has 0 saturated heterocycles. The molecule has 2 amide bonds. The van der Waals surface area contributed by atoms with Gasteiger partial charge in [0.2, 0.25) is 5.78 Å². The quantitative estimate of drug-likeness (QED) is 0.599. The molecule has 1 aromatic carbocycles. The number of carbonyl (C=O) groups is 3. The van der Waals surface area contributed by atoms with Gasteiger partial charge < -0.3 is 11.1 Å². The number of ketones is 1. The van der Waals surface area contributed by atoms with Gasteiger partial charge in [-0.3, -0.25) is 14.4 Å². The lowest BCUT2D eigenvalue weighted by Crippen LogP contribution is -2.47. The molecule has 2 aromatic heterocycles. The van der Waals surface area contributed by atoms with Crippen molar-refractivity contribution in [2.45, 2.75) is 12.5 Å². The Morgan fingerprint density at radius 1 is 1.08 bits per heavy atom. The summed E-state index contributed by atoms with van der Waals surface area (Å²) in [6.45, 7) is 0. The Labute approximate surface area is 157 Å². The number of benzene rings is 1. The van der Waals surface area contributed by atoms with Crippen LogP contribution in [0.15, 0.2) is 47.8 Å². The highest BCUT2D eigenvalue weighted by molar-refractivity contribution is 7.13. The average molecular weight is 386 g/mol. The van der Waals surface area contributed by atoms with Gasteiger partial charge in [-0.2, -0.15) is 8.75 Å². The SMILES string of the molecule is NC(=O)C(=O)C(Cc1ccccc1)NC(=O)c1nsnc1-c1cccs1. The Morgan fingerprint density at radius 2 is 1.85 bits per heavy atom. The van der Waals surface area contributed by atoms with E-state index in [0.29, 0.717) is 5.69 Å². The molecule has 7 nitrogen and oxygen atoms in total. The van der Waals surface area contributed by atoms with Gasteiger partial charge in [0.1, 0.15) is 11.7 Å². The zero-order chi connectivity index (χ0) is 18.5. The topological polar surface area (TPSA) is 115 Å². The standard InChI is InChI=1S/C17H14N4O3S2/c18-16(23)15(22)11(9-10-5-2-1-3-6-10)19-17(24)14-13(20-26-21-14)12-7-4-8-25-12/h1-8,11H,9H2,(H2,18,23)(H,19,24). The molecule has 132 valence electrons. The van der Waals surface area contributed by atoms with E-state index < -0.39 is 23.6 Å². The first-order chi connectivity index (χ1) is 12.6. The van der Waals surface area contributed by atoms with Gasteiger partial charge in [0.05, 0.1) is 16.6 Å². The highest BCUT2D eigenvalue weighted by atomic mass is 32.1. The van der Waals surface area contributed by atoms with Crippen molar-refractivity contribution in [3.63, 3.8) is 0 Å². The van der Waals surface area contributed by atoms with E-state index in [1.165, 1.54) is 11.3 Å². The fraction of sp³-hybridized carbons (Fsp3) is 0.118. The fourth-order valence-electron chi connectivity index (χ4n) is 2.37. The van der Waals surface area contributed by atoms with Crippen LogP contribution < -0.4 is 11.1 Å². The second kappa shape index (κ2) is 7.98. The number of nitrogens with zero attached hydrogens (tertiary/aromatic N) is 2. The molecule has 0 aliphatic carbocycles. The Hall–Kier alpha value is -2.91. The first kappa shape index (κ1) is 17.9. The average Bonchev–Trinajstić information content (AvgIpc) is 3.32. The minimum Gasteiger partial charge on any atom is -0.363 e. The number of primary amides is 1. The van der Waals surface area contributed by atoms with Crippen LogP contribution in [0.25, 0.3) is 10.6 Å². The highest BCUT2D eigenvalue weighted by Crippen LogP contribution is 2.26. The molecule has 0 bridgehead atoms. The first-order valence-corrected chi connectivity index (χ1v) is 9.22. The summed E-state index contributed by atoms with van der Waals surface area (Å²) in [6.07, 6.45) is 0.153. The number of hydrogen-bond donors (Lipinski definition) is 2. The Kier molecular flexibility index (Phi) is 5.49. The number of nitrogens with two attached hydrogens (primary N) is 1. The Balaban J connectivity index is 1.83. The maximum atomic E-state index is 12.6. The van der Waals surface area contributed by atoms with Crippen LogP contribution in [-0.2, 0) is 16.0 Å². The second-order valence-electron chi connectivity index (χ2n) is 5.38. The summed E-state index contributed by atoms with van der Waals surface area (Å²) in [4.78, 5) is 36.9. The zero-order valence-electron chi connectivity index (χ0n) is 13.4. The monoisotopic (exact) mass is 386 g/mol. The molecule has 2 heterocycles. The molecule has 26 heavy (non-hydrogen) atoms. The molecule has 0 radical (unpaired) electrons. The van der Waals surface area contributed by atoms with Crippen molar-refractivity contribution in [2.75, 3.05) is 0 Å². The molecular formula is C17H14N4O3S2. The molecule has 0 fully saturated rings. The van der Waals surface area contributed by atoms with E-state index in [4.69, 9.17) is 5.73 Å². The molecule has 0 spiro atoms. The molecule has 3 N–H and O–H groups in total.